The van der Waals surface area contributed by atoms with E-state index < -0.39 is 0 Å². The lowest BCUT2D eigenvalue weighted by Crippen LogP contribution is -2.39. The number of pyridine rings is 1. The zero-order valence-electron chi connectivity index (χ0n) is 17.7. The maximum absolute atomic E-state index is 13.4. The number of nitrogens with zero attached hydrogens (tertiary/aromatic N) is 5. The van der Waals surface area contributed by atoms with Crippen LogP contribution in [0.25, 0.3) is 11.1 Å². The SMILES string of the molecule is Cc1cnccc1-c1cnc(N(C)C)nc1C1CCCCN1C(=O)c1ccccc1. The Bertz CT molecular complexity index is 1030. The molecule has 3 heterocycles. The predicted molar refractivity (Wildman–Crippen MR) is 118 cm³/mol. The second kappa shape index (κ2) is 8.61. The third kappa shape index (κ3) is 3.90. The summed E-state index contributed by atoms with van der Waals surface area (Å²) in [5, 5.41) is 0. The molecule has 1 aromatic carbocycles. The van der Waals surface area contributed by atoms with Crippen LogP contribution in [0.1, 0.15) is 46.9 Å². The maximum atomic E-state index is 13.4. The van der Waals surface area contributed by atoms with E-state index in [1.165, 1.54) is 0 Å². The molecule has 3 aromatic rings. The number of carbonyl (C=O) groups excluding carboxylic acids is 1. The highest BCUT2D eigenvalue weighted by Crippen LogP contribution is 2.37. The first-order chi connectivity index (χ1) is 14.6. The van der Waals surface area contributed by atoms with Gasteiger partial charge in [-0.1, -0.05) is 18.2 Å². The molecule has 2 aromatic heterocycles. The van der Waals surface area contributed by atoms with E-state index in [0.29, 0.717) is 11.5 Å². The number of benzene rings is 1. The number of hydrogen-bond donors (Lipinski definition) is 0. The van der Waals surface area contributed by atoms with Gasteiger partial charge in [0.1, 0.15) is 0 Å². The molecule has 1 fully saturated rings. The molecule has 1 atom stereocenters. The lowest BCUT2D eigenvalue weighted by molar-refractivity contribution is 0.0607. The highest BCUT2D eigenvalue weighted by molar-refractivity contribution is 5.94. The highest BCUT2D eigenvalue weighted by atomic mass is 16.2. The minimum absolute atomic E-state index is 0.0581. The standard InChI is InChI=1S/C24H27N5O/c1-17-15-25-13-12-19(17)20-16-26-24(28(2)3)27-22(20)21-11-7-8-14-29(21)23(30)18-9-5-4-6-10-18/h4-6,9-10,12-13,15-16,21H,7-8,11,14H2,1-3H3. The Morgan fingerprint density at radius 1 is 1.07 bits per heavy atom. The molecule has 30 heavy (non-hydrogen) atoms. The Balaban J connectivity index is 1.82. The minimum atomic E-state index is -0.0873. The minimum Gasteiger partial charge on any atom is -0.347 e. The Kier molecular flexibility index (Phi) is 5.74. The van der Waals surface area contributed by atoms with Crippen molar-refractivity contribution in [3.05, 3.63) is 71.8 Å². The van der Waals surface area contributed by atoms with Gasteiger partial charge in [-0.05, 0) is 55.5 Å². The summed E-state index contributed by atoms with van der Waals surface area (Å²) < 4.78 is 0. The number of likely N-dealkylation sites (tertiary alicyclic amines) is 1. The molecule has 1 aliphatic rings. The normalized spacial score (nSPS) is 16.4. The van der Waals surface area contributed by atoms with Crippen molar-refractivity contribution in [2.45, 2.75) is 32.2 Å². The monoisotopic (exact) mass is 401 g/mol. The lowest BCUT2D eigenvalue weighted by atomic mass is 9.92. The van der Waals surface area contributed by atoms with Gasteiger partial charge in [0.05, 0.1) is 11.7 Å². The lowest BCUT2D eigenvalue weighted by Gasteiger charge is -2.36. The van der Waals surface area contributed by atoms with E-state index in [4.69, 9.17) is 4.98 Å². The van der Waals surface area contributed by atoms with Gasteiger partial charge in [-0.25, -0.2) is 9.97 Å². The van der Waals surface area contributed by atoms with Crippen LogP contribution in [0.5, 0.6) is 0 Å². The average Bonchev–Trinajstić information content (AvgIpc) is 2.79. The molecule has 0 aliphatic carbocycles. The second-order valence-corrected chi connectivity index (χ2v) is 7.93. The quantitative estimate of drug-likeness (QED) is 0.653. The fourth-order valence-electron chi connectivity index (χ4n) is 4.04. The van der Waals surface area contributed by atoms with Crippen molar-refractivity contribution < 1.29 is 4.79 Å². The Morgan fingerprint density at radius 3 is 2.60 bits per heavy atom. The van der Waals surface area contributed by atoms with Gasteiger partial charge in [-0.15, -0.1) is 0 Å². The molecule has 4 rings (SSSR count). The first kappa shape index (κ1) is 20.0. The summed E-state index contributed by atoms with van der Waals surface area (Å²) in [6.45, 7) is 2.77. The molecular formula is C24H27N5O. The molecule has 0 N–H and O–H groups in total. The topological polar surface area (TPSA) is 62.2 Å². The van der Waals surface area contributed by atoms with Crippen LogP contribution < -0.4 is 4.90 Å². The molecule has 0 spiro atoms. The van der Waals surface area contributed by atoms with E-state index in [1.807, 2.05) is 79.6 Å². The summed E-state index contributed by atoms with van der Waals surface area (Å²) in [5.41, 5.74) is 4.72. The van der Waals surface area contributed by atoms with Crippen molar-refractivity contribution >= 4 is 11.9 Å². The fraction of sp³-hybridized carbons (Fsp3) is 0.333. The summed E-state index contributed by atoms with van der Waals surface area (Å²) in [7, 11) is 3.87. The number of anilines is 1. The Labute approximate surface area is 177 Å². The number of rotatable bonds is 4. The van der Waals surface area contributed by atoms with Crippen molar-refractivity contribution in [1.82, 2.24) is 19.9 Å². The van der Waals surface area contributed by atoms with Crippen LogP contribution in [0, 0.1) is 6.92 Å². The van der Waals surface area contributed by atoms with Crippen molar-refractivity contribution in [2.75, 3.05) is 25.5 Å². The van der Waals surface area contributed by atoms with Crippen LogP contribution in [-0.2, 0) is 0 Å². The number of aryl methyl sites for hydroxylation is 1. The van der Waals surface area contributed by atoms with Crippen LogP contribution >= 0.6 is 0 Å². The van der Waals surface area contributed by atoms with E-state index in [1.54, 1.807) is 6.20 Å². The summed E-state index contributed by atoms with van der Waals surface area (Å²) in [6.07, 6.45) is 8.50. The first-order valence-corrected chi connectivity index (χ1v) is 10.4. The largest absolute Gasteiger partial charge is 0.347 e. The molecule has 1 saturated heterocycles. The van der Waals surface area contributed by atoms with Crippen molar-refractivity contribution in [1.29, 1.82) is 0 Å². The molecule has 154 valence electrons. The van der Waals surface area contributed by atoms with Crippen LogP contribution in [-0.4, -0.2) is 46.4 Å². The molecular weight excluding hydrogens is 374 g/mol. The fourth-order valence-corrected chi connectivity index (χ4v) is 4.04. The Morgan fingerprint density at radius 2 is 1.87 bits per heavy atom. The van der Waals surface area contributed by atoms with Crippen LogP contribution in [0.4, 0.5) is 5.95 Å². The predicted octanol–water partition coefficient (Wildman–Crippen LogP) is 4.28. The van der Waals surface area contributed by atoms with Crippen molar-refractivity contribution in [2.24, 2.45) is 0 Å². The van der Waals surface area contributed by atoms with Gasteiger partial charge in [-0.2, -0.15) is 0 Å². The molecule has 0 bridgehead atoms. The smallest absolute Gasteiger partial charge is 0.254 e. The average molecular weight is 402 g/mol. The van der Waals surface area contributed by atoms with Gasteiger partial charge >= 0.3 is 0 Å². The number of hydrogen-bond acceptors (Lipinski definition) is 5. The van der Waals surface area contributed by atoms with Crippen molar-refractivity contribution in [3.8, 4) is 11.1 Å². The zero-order valence-corrected chi connectivity index (χ0v) is 17.7. The third-order valence-electron chi connectivity index (χ3n) is 5.62. The van der Waals surface area contributed by atoms with Gasteiger partial charge in [0, 0.05) is 50.4 Å². The number of piperidine rings is 1. The molecule has 0 radical (unpaired) electrons. The van der Waals surface area contributed by atoms with Gasteiger partial charge in [0.2, 0.25) is 5.95 Å². The van der Waals surface area contributed by atoms with E-state index in [9.17, 15) is 4.79 Å². The molecule has 6 heteroatoms. The summed E-state index contributed by atoms with van der Waals surface area (Å²) >= 11 is 0. The number of aromatic nitrogens is 3. The molecule has 1 unspecified atom stereocenters. The van der Waals surface area contributed by atoms with Crippen LogP contribution in [0.3, 0.4) is 0 Å². The molecule has 1 amide bonds. The number of carbonyl (C=O) groups is 1. The highest BCUT2D eigenvalue weighted by Gasteiger charge is 2.32. The van der Waals surface area contributed by atoms with E-state index in [0.717, 1.165) is 48.2 Å². The molecule has 6 nitrogen and oxygen atoms in total. The van der Waals surface area contributed by atoms with Gasteiger partial charge in [0.15, 0.2) is 0 Å². The second-order valence-electron chi connectivity index (χ2n) is 7.93. The van der Waals surface area contributed by atoms with Gasteiger partial charge in [0.25, 0.3) is 5.91 Å². The van der Waals surface area contributed by atoms with E-state index in [-0.39, 0.29) is 11.9 Å². The maximum Gasteiger partial charge on any atom is 0.254 e. The summed E-state index contributed by atoms with van der Waals surface area (Å²) in [6, 6.07) is 11.4. The van der Waals surface area contributed by atoms with Crippen LogP contribution in [0.15, 0.2) is 55.0 Å². The van der Waals surface area contributed by atoms with E-state index >= 15 is 0 Å². The van der Waals surface area contributed by atoms with E-state index in [2.05, 4.69) is 9.97 Å². The summed E-state index contributed by atoms with van der Waals surface area (Å²) in [5.74, 6) is 0.709. The van der Waals surface area contributed by atoms with Gasteiger partial charge < -0.3 is 9.80 Å². The van der Waals surface area contributed by atoms with Gasteiger partial charge in [-0.3, -0.25) is 9.78 Å². The van der Waals surface area contributed by atoms with Crippen LogP contribution in [0.2, 0.25) is 0 Å². The third-order valence-corrected chi connectivity index (χ3v) is 5.62. The number of amides is 1. The zero-order chi connectivity index (χ0) is 21.1. The molecule has 1 aliphatic heterocycles. The first-order valence-electron chi connectivity index (χ1n) is 10.4. The Hall–Kier alpha value is -3.28. The van der Waals surface area contributed by atoms with Crippen molar-refractivity contribution in [3.63, 3.8) is 0 Å². The molecule has 0 saturated carbocycles. The summed E-state index contributed by atoms with van der Waals surface area (Å²) in [4.78, 5) is 31.0.